The van der Waals surface area contributed by atoms with Crippen LogP contribution in [0, 0.1) is 0 Å². The van der Waals surface area contributed by atoms with Crippen LogP contribution in [0.3, 0.4) is 0 Å². The third-order valence-electron chi connectivity index (χ3n) is 5.03. The van der Waals surface area contributed by atoms with Crippen molar-refractivity contribution in [2.24, 2.45) is 0 Å². The molecular formula is C18H26N4O. The lowest BCUT2D eigenvalue weighted by atomic mass is 10.1. The first-order valence-corrected chi connectivity index (χ1v) is 8.92. The van der Waals surface area contributed by atoms with E-state index < -0.39 is 0 Å². The molecule has 124 valence electrons. The number of imidazole rings is 1. The number of piperidine rings is 1. The van der Waals surface area contributed by atoms with Crippen LogP contribution in [0.4, 0.5) is 5.95 Å². The van der Waals surface area contributed by atoms with Gasteiger partial charge in [-0.1, -0.05) is 18.6 Å². The molecule has 1 aromatic carbocycles. The summed E-state index contributed by atoms with van der Waals surface area (Å²) in [5.74, 6) is 0.980. The molecule has 0 saturated carbocycles. The Morgan fingerprint density at radius 1 is 1.13 bits per heavy atom. The number of nitrogens with zero attached hydrogens (tertiary/aromatic N) is 3. The molecule has 2 saturated heterocycles. The zero-order valence-corrected chi connectivity index (χ0v) is 13.7. The maximum absolute atomic E-state index is 6.11. The Morgan fingerprint density at radius 2 is 2.00 bits per heavy atom. The monoisotopic (exact) mass is 314 g/mol. The van der Waals surface area contributed by atoms with Crippen LogP contribution in [0.5, 0.6) is 0 Å². The summed E-state index contributed by atoms with van der Waals surface area (Å²) >= 11 is 0. The van der Waals surface area contributed by atoms with Gasteiger partial charge in [-0.05, 0) is 44.5 Å². The van der Waals surface area contributed by atoms with Gasteiger partial charge in [-0.2, -0.15) is 0 Å². The molecule has 5 heteroatoms. The van der Waals surface area contributed by atoms with Crippen molar-refractivity contribution in [3.05, 3.63) is 24.3 Å². The Kier molecular flexibility index (Phi) is 4.48. The Hall–Kier alpha value is -1.59. The quantitative estimate of drug-likeness (QED) is 0.921. The Balaban J connectivity index is 1.27. The minimum Gasteiger partial charge on any atom is -0.375 e. The average Bonchev–Trinajstić information content (AvgIpc) is 3.22. The van der Waals surface area contributed by atoms with Crippen molar-refractivity contribution in [2.75, 3.05) is 44.2 Å². The van der Waals surface area contributed by atoms with E-state index >= 15 is 0 Å². The highest BCUT2D eigenvalue weighted by Gasteiger charge is 2.25. The van der Waals surface area contributed by atoms with Gasteiger partial charge in [0.2, 0.25) is 5.95 Å². The molecule has 2 aromatic rings. The smallest absolute Gasteiger partial charge is 0.203 e. The molecule has 1 unspecified atom stereocenters. The number of benzene rings is 1. The zero-order chi connectivity index (χ0) is 15.5. The van der Waals surface area contributed by atoms with Crippen LogP contribution < -0.4 is 4.90 Å². The van der Waals surface area contributed by atoms with Crippen LogP contribution in [0.2, 0.25) is 0 Å². The van der Waals surface area contributed by atoms with Crippen molar-refractivity contribution < 1.29 is 4.74 Å². The van der Waals surface area contributed by atoms with Crippen molar-refractivity contribution >= 4 is 17.0 Å². The van der Waals surface area contributed by atoms with Gasteiger partial charge in [-0.3, -0.25) is 0 Å². The number of nitrogens with one attached hydrogen (secondary N) is 1. The van der Waals surface area contributed by atoms with Crippen molar-refractivity contribution in [3.63, 3.8) is 0 Å². The Bertz CT molecular complexity index is 602. The summed E-state index contributed by atoms with van der Waals surface area (Å²) in [6.07, 6.45) is 5.53. The van der Waals surface area contributed by atoms with Gasteiger partial charge in [-0.25, -0.2) is 4.98 Å². The number of H-pyrrole nitrogens is 1. The molecular weight excluding hydrogens is 288 g/mol. The molecule has 4 rings (SSSR count). The van der Waals surface area contributed by atoms with Crippen LogP contribution in [-0.2, 0) is 4.74 Å². The normalized spacial score (nSPS) is 23.0. The highest BCUT2D eigenvalue weighted by Crippen LogP contribution is 2.22. The minimum atomic E-state index is 0.341. The number of ether oxygens (including phenoxy) is 1. The van der Waals surface area contributed by atoms with Crippen molar-refractivity contribution in [3.8, 4) is 0 Å². The van der Waals surface area contributed by atoms with Gasteiger partial charge in [0, 0.05) is 19.6 Å². The highest BCUT2D eigenvalue weighted by molar-refractivity contribution is 5.77. The molecule has 1 atom stereocenters. The topological polar surface area (TPSA) is 44.4 Å². The first-order valence-electron chi connectivity index (χ1n) is 8.92. The molecule has 2 aliphatic rings. The van der Waals surface area contributed by atoms with Crippen LogP contribution >= 0.6 is 0 Å². The second kappa shape index (κ2) is 6.89. The molecule has 1 N–H and O–H groups in total. The van der Waals surface area contributed by atoms with E-state index in [1.807, 2.05) is 12.1 Å². The molecule has 2 fully saturated rings. The average molecular weight is 314 g/mol. The lowest BCUT2D eigenvalue weighted by Gasteiger charge is -2.26. The van der Waals surface area contributed by atoms with E-state index in [0.717, 1.165) is 49.6 Å². The molecule has 0 amide bonds. The SMILES string of the molecule is c1ccc2[nH]c(N3CCC(OCCN4CCCCC4)C3)nc2c1. The standard InChI is InChI=1S/C18H26N4O/c1-4-9-21(10-5-1)12-13-23-15-8-11-22(14-15)18-19-16-6-2-3-7-17(16)20-18/h2-3,6-7,15H,1,4-5,8-14H2,(H,19,20). The summed E-state index contributed by atoms with van der Waals surface area (Å²) in [4.78, 5) is 13.0. The molecule has 23 heavy (non-hydrogen) atoms. The van der Waals surface area contributed by atoms with Crippen molar-refractivity contribution in [1.82, 2.24) is 14.9 Å². The molecule has 5 nitrogen and oxygen atoms in total. The second-order valence-corrected chi connectivity index (χ2v) is 6.71. The summed E-state index contributed by atoms with van der Waals surface area (Å²) in [7, 11) is 0. The summed E-state index contributed by atoms with van der Waals surface area (Å²) in [6, 6.07) is 8.21. The number of fused-ring (bicyclic) bond motifs is 1. The predicted molar refractivity (Wildman–Crippen MR) is 93.0 cm³/mol. The van der Waals surface area contributed by atoms with E-state index in [4.69, 9.17) is 4.74 Å². The van der Waals surface area contributed by atoms with Gasteiger partial charge >= 0.3 is 0 Å². The van der Waals surface area contributed by atoms with E-state index in [1.54, 1.807) is 0 Å². The van der Waals surface area contributed by atoms with Crippen LogP contribution in [0.25, 0.3) is 11.0 Å². The predicted octanol–water partition coefficient (Wildman–Crippen LogP) is 2.64. The Labute approximate surface area is 137 Å². The number of aromatic nitrogens is 2. The lowest BCUT2D eigenvalue weighted by Crippen LogP contribution is -2.34. The molecule has 0 radical (unpaired) electrons. The third-order valence-corrected chi connectivity index (χ3v) is 5.03. The van der Waals surface area contributed by atoms with Crippen molar-refractivity contribution in [2.45, 2.75) is 31.8 Å². The van der Waals surface area contributed by atoms with E-state index in [2.05, 4.69) is 31.9 Å². The van der Waals surface area contributed by atoms with Gasteiger partial charge < -0.3 is 19.5 Å². The van der Waals surface area contributed by atoms with Crippen LogP contribution in [0.1, 0.15) is 25.7 Å². The number of para-hydroxylation sites is 2. The van der Waals surface area contributed by atoms with Gasteiger partial charge in [0.15, 0.2) is 0 Å². The molecule has 1 aromatic heterocycles. The van der Waals surface area contributed by atoms with E-state index in [1.165, 1.54) is 32.4 Å². The van der Waals surface area contributed by atoms with Gasteiger partial charge in [0.1, 0.15) is 0 Å². The first kappa shape index (κ1) is 15.0. The fourth-order valence-corrected chi connectivity index (χ4v) is 3.68. The van der Waals surface area contributed by atoms with Gasteiger partial charge in [0.25, 0.3) is 0 Å². The molecule has 0 aliphatic carbocycles. The zero-order valence-electron chi connectivity index (χ0n) is 13.7. The molecule has 3 heterocycles. The van der Waals surface area contributed by atoms with Crippen LogP contribution in [0.15, 0.2) is 24.3 Å². The molecule has 0 spiro atoms. The fourth-order valence-electron chi connectivity index (χ4n) is 3.68. The van der Waals surface area contributed by atoms with Crippen molar-refractivity contribution in [1.29, 1.82) is 0 Å². The van der Waals surface area contributed by atoms with E-state index in [-0.39, 0.29) is 0 Å². The summed E-state index contributed by atoms with van der Waals surface area (Å²) in [5.41, 5.74) is 2.15. The first-order chi connectivity index (χ1) is 11.4. The number of hydrogen-bond acceptors (Lipinski definition) is 4. The van der Waals surface area contributed by atoms with Gasteiger partial charge in [0.05, 0.1) is 23.7 Å². The maximum atomic E-state index is 6.11. The number of rotatable bonds is 5. The van der Waals surface area contributed by atoms with E-state index in [9.17, 15) is 0 Å². The summed E-state index contributed by atoms with van der Waals surface area (Å²) in [5, 5.41) is 0. The third kappa shape index (κ3) is 3.51. The fraction of sp³-hybridized carbons (Fsp3) is 0.611. The van der Waals surface area contributed by atoms with E-state index in [0.29, 0.717) is 6.10 Å². The summed E-state index contributed by atoms with van der Waals surface area (Å²) in [6.45, 7) is 6.41. The number of likely N-dealkylation sites (tertiary alicyclic amines) is 1. The summed E-state index contributed by atoms with van der Waals surface area (Å²) < 4.78 is 6.11. The number of aromatic amines is 1. The minimum absolute atomic E-state index is 0.341. The van der Waals surface area contributed by atoms with Gasteiger partial charge in [-0.15, -0.1) is 0 Å². The Morgan fingerprint density at radius 3 is 2.87 bits per heavy atom. The maximum Gasteiger partial charge on any atom is 0.203 e. The number of anilines is 1. The number of hydrogen-bond donors (Lipinski definition) is 1. The molecule has 2 aliphatic heterocycles. The highest BCUT2D eigenvalue weighted by atomic mass is 16.5. The largest absolute Gasteiger partial charge is 0.375 e. The van der Waals surface area contributed by atoms with Crippen LogP contribution in [-0.4, -0.2) is 60.3 Å². The molecule has 0 bridgehead atoms. The lowest BCUT2D eigenvalue weighted by molar-refractivity contribution is 0.0466. The second-order valence-electron chi connectivity index (χ2n) is 6.71.